The third-order valence-electron chi connectivity index (χ3n) is 3.35. The van der Waals surface area contributed by atoms with Crippen LogP contribution >= 0.6 is 11.3 Å². The lowest BCUT2D eigenvalue weighted by Gasteiger charge is -2.27. The summed E-state index contributed by atoms with van der Waals surface area (Å²) in [6, 6.07) is 4.41. The quantitative estimate of drug-likeness (QED) is 0.885. The molecule has 0 aromatic carbocycles. The summed E-state index contributed by atoms with van der Waals surface area (Å²) in [5.41, 5.74) is 0. The number of carbonyl (C=O) groups excluding carboxylic acids is 1. The number of rotatable bonds is 5. The molecule has 1 aliphatic rings. The van der Waals surface area contributed by atoms with Gasteiger partial charge in [-0.2, -0.15) is 0 Å². The van der Waals surface area contributed by atoms with E-state index in [-0.39, 0.29) is 0 Å². The van der Waals surface area contributed by atoms with Gasteiger partial charge in [0.1, 0.15) is 0 Å². The Bertz CT molecular complexity index is 383. The average molecular weight is 266 g/mol. The van der Waals surface area contributed by atoms with Crippen LogP contribution in [-0.2, 0) is 17.6 Å². The van der Waals surface area contributed by atoms with Crippen molar-refractivity contribution < 1.29 is 4.79 Å². The summed E-state index contributed by atoms with van der Waals surface area (Å²) >= 11 is 1.89. The van der Waals surface area contributed by atoms with Gasteiger partial charge in [0.15, 0.2) is 0 Å². The Morgan fingerprint density at radius 3 is 2.72 bits per heavy atom. The predicted molar refractivity (Wildman–Crippen MR) is 76.1 cm³/mol. The Kier molecular flexibility index (Phi) is 5.20. The minimum absolute atomic E-state index is 0.323. The van der Waals surface area contributed by atoms with Crippen LogP contribution in [-0.4, -0.2) is 37.0 Å². The summed E-state index contributed by atoms with van der Waals surface area (Å²) in [7, 11) is 0. The third kappa shape index (κ3) is 3.82. The minimum atomic E-state index is 0.323. The van der Waals surface area contributed by atoms with E-state index < -0.39 is 0 Å². The molecule has 1 amide bonds. The number of carbonyl (C=O) groups is 1. The molecule has 3 nitrogen and oxygen atoms in total. The number of amides is 1. The molecule has 2 rings (SSSR count). The summed E-state index contributed by atoms with van der Waals surface area (Å²) in [6.45, 7) is 5.81. The lowest BCUT2D eigenvalue weighted by atomic mass is 10.2. The zero-order chi connectivity index (χ0) is 12.8. The van der Waals surface area contributed by atoms with Crippen LogP contribution in [0.3, 0.4) is 0 Å². The summed E-state index contributed by atoms with van der Waals surface area (Å²) in [5.74, 6) is 0.323. The maximum absolute atomic E-state index is 12.0. The molecule has 0 aliphatic carbocycles. The first-order valence-corrected chi connectivity index (χ1v) is 7.67. The Morgan fingerprint density at radius 1 is 1.33 bits per heavy atom. The van der Waals surface area contributed by atoms with Crippen LogP contribution in [0.25, 0.3) is 0 Å². The second-order valence-corrected chi connectivity index (χ2v) is 5.96. The molecule has 1 aromatic heterocycles. The molecule has 18 heavy (non-hydrogen) atoms. The predicted octanol–water partition coefficient (Wildman–Crippen LogP) is 2.06. The average Bonchev–Trinajstić information content (AvgIpc) is 2.87. The fraction of sp³-hybridized carbons (Fsp3) is 0.643. The second-order valence-electron chi connectivity index (χ2n) is 4.71. The Balaban J connectivity index is 1.69. The van der Waals surface area contributed by atoms with Crippen LogP contribution < -0.4 is 5.32 Å². The van der Waals surface area contributed by atoms with Crippen molar-refractivity contribution in [3.63, 3.8) is 0 Å². The molecule has 1 aliphatic heterocycles. The number of hydrogen-bond acceptors (Lipinski definition) is 3. The van der Waals surface area contributed by atoms with Gasteiger partial charge >= 0.3 is 0 Å². The summed E-state index contributed by atoms with van der Waals surface area (Å²) < 4.78 is 0. The van der Waals surface area contributed by atoms with E-state index in [0.29, 0.717) is 12.3 Å². The molecule has 1 N–H and O–H groups in total. The number of aryl methyl sites for hydroxylation is 2. The van der Waals surface area contributed by atoms with Crippen LogP contribution in [0.5, 0.6) is 0 Å². The number of nitrogens with one attached hydrogen (secondary N) is 1. The van der Waals surface area contributed by atoms with Gasteiger partial charge in [0.2, 0.25) is 5.91 Å². The van der Waals surface area contributed by atoms with Crippen molar-refractivity contribution in [3.8, 4) is 0 Å². The normalized spacial score (nSPS) is 15.9. The minimum Gasteiger partial charge on any atom is -0.340 e. The first-order chi connectivity index (χ1) is 8.79. The van der Waals surface area contributed by atoms with E-state index in [4.69, 9.17) is 0 Å². The fourth-order valence-corrected chi connectivity index (χ4v) is 3.23. The van der Waals surface area contributed by atoms with Gasteiger partial charge < -0.3 is 10.2 Å². The smallest absolute Gasteiger partial charge is 0.222 e. The largest absolute Gasteiger partial charge is 0.340 e. The molecule has 0 unspecified atom stereocenters. The van der Waals surface area contributed by atoms with Crippen molar-refractivity contribution in [3.05, 3.63) is 21.9 Å². The number of piperazine rings is 1. The zero-order valence-corrected chi connectivity index (χ0v) is 11.9. The highest BCUT2D eigenvalue weighted by molar-refractivity contribution is 7.11. The van der Waals surface area contributed by atoms with Crippen LogP contribution in [0.1, 0.15) is 29.5 Å². The van der Waals surface area contributed by atoms with E-state index in [0.717, 1.165) is 45.4 Å². The van der Waals surface area contributed by atoms with Gasteiger partial charge in [-0.3, -0.25) is 4.79 Å². The number of thiophene rings is 1. The molecule has 1 aromatic rings. The summed E-state index contributed by atoms with van der Waals surface area (Å²) in [4.78, 5) is 16.8. The van der Waals surface area contributed by atoms with Gasteiger partial charge in [0, 0.05) is 42.4 Å². The van der Waals surface area contributed by atoms with Gasteiger partial charge in [0.05, 0.1) is 0 Å². The molecule has 100 valence electrons. The number of hydrogen-bond donors (Lipinski definition) is 1. The van der Waals surface area contributed by atoms with Gasteiger partial charge in [0.25, 0.3) is 0 Å². The standard InChI is InChI=1S/C14H22N2OS/c1-2-12-6-7-13(18-12)4-3-5-14(17)16-10-8-15-9-11-16/h6-7,15H,2-5,8-11H2,1H3. The van der Waals surface area contributed by atoms with Crippen LogP contribution in [0.4, 0.5) is 0 Å². The highest BCUT2D eigenvalue weighted by Crippen LogP contribution is 2.19. The molecule has 2 heterocycles. The third-order valence-corrected chi connectivity index (χ3v) is 4.64. The summed E-state index contributed by atoms with van der Waals surface area (Å²) in [5, 5.41) is 3.27. The molecule has 0 saturated carbocycles. The van der Waals surface area contributed by atoms with Crippen molar-refractivity contribution >= 4 is 17.2 Å². The second kappa shape index (κ2) is 6.90. The Labute approximate surface area is 113 Å². The molecule has 0 radical (unpaired) electrons. The monoisotopic (exact) mass is 266 g/mol. The molecule has 1 saturated heterocycles. The molecule has 0 bridgehead atoms. The van der Waals surface area contributed by atoms with E-state index >= 15 is 0 Å². The summed E-state index contributed by atoms with van der Waals surface area (Å²) in [6.07, 6.45) is 3.83. The molecule has 4 heteroatoms. The van der Waals surface area contributed by atoms with Crippen molar-refractivity contribution in [2.75, 3.05) is 26.2 Å². The van der Waals surface area contributed by atoms with E-state index in [1.807, 2.05) is 16.2 Å². The molecule has 0 atom stereocenters. The van der Waals surface area contributed by atoms with Gasteiger partial charge in [-0.05, 0) is 31.4 Å². The fourth-order valence-electron chi connectivity index (χ4n) is 2.23. The maximum atomic E-state index is 12.0. The van der Waals surface area contributed by atoms with E-state index in [1.54, 1.807) is 0 Å². The van der Waals surface area contributed by atoms with Crippen molar-refractivity contribution in [2.45, 2.75) is 32.6 Å². The van der Waals surface area contributed by atoms with Crippen molar-refractivity contribution in [1.29, 1.82) is 0 Å². The van der Waals surface area contributed by atoms with E-state index in [1.165, 1.54) is 9.75 Å². The molecular formula is C14H22N2OS. The SMILES string of the molecule is CCc1ccc(CCCC(=O)N2CCNCC2)s1. The molecule has 1 fully saturated rings. The van der Waals surface area contributed by atoms with Crippen molar-refractivity contribution in [2.24, 2.45) is 0 Å². The Hall–Kier alpha value is -0.870. The number of nitrogens with zero attached hydrogens (tertiary/aromatic N) is 1. The molecular weight excluding hydrogens is 244 g/mol. The first-order valence-electron chi connectivity index (χ1n) is 6.85. The van der Waals surface area contributed by atoms with E-state index in [9.17, 15) is 4.79 Å². The van der Waals surface area contributed by atoms with Crippen molar-refractivity contribution in [1.82, 2.24) is 10.2 Å². The lowest BCUT2D eigenvalue weighted by Crippen LogP contribution is -2.46. The van der Waals surface area contributed by atoms with Crippen LogP contribution in [0.15, 0.2) is 12.1 Å². The van der Waals surface area contributed by atoms with E-state index in [2.05, 4.69) is 24.4 Å². The van der Waals surface area contributed by atoms with Gasteiger partial charge in [-0.1, -0.05) is 6.92 Å². The lowest BCUT2D eigenvalue weighted by molar-refractivity contribution is -0.131. The van der Waals surface area contributed by atoms with Gasteiger partial charge in [-0.25, -0.2) is 0 Å². The molecule has 0 spiro atoms. The van der Waals surface area contributed by atoms with Crippen LogP contribution in [0.2, 0.25) is 0 Å². The Morgan fingerprint density at radius 2 is 2.06 bits per heavy atom. The first kappa shape index (κ1) is 13.6. The van der Waals surface area contributed by atoms with Gasteiger partial charge in [-0.15, -0.1) is 11.3 Å². The zero-order valence-electron chi connectivity index (χ0n) is 11.1. The highest BCUT2D eigenvalue weighted by atomic mass is 32.1. The van der Waals surface area contributed by atoms with Crippen LogP contribution in [0, 0.1) is 0 Å². The topological polar surface area (TPSA) is 32.3 Å². The highest BCUT2D eigenvalue weighted by Gasteiger charge is 2.15. The maximum Gasteiger partial charge on any atom is 0.222 e.